The summed E-state index contributed by atoms with van der Waals surface area (Å²) in [7, 11) is 1.91. The molecule has 3 heterocycles. The van der Waals surface area contributed by atoms with E-state index in [1.165, 1.54) is 32.1 Å². The summed E-state index contributed by atoms with van der Waals surface area (Å²) in [6.45, 7) is 0. The number of pyridine rings is 1. The molecule has 6 nitrogen and oxygen atoms in total. The molecule has 4 aliphatic rings. The second-order valence-electron chi connectivity index (χ2n) is 8.90. The lowest BCUT2D eigenvalue weighted by Gasteiger charge is -2.59. The molecule has 4 fully saturated rings. The summed E-state index contributed by atoms with van der Waals surface area (Å²) in [5, 5.41) is 8.69. The van der Waals surface area contributed by atoms with Gasteiger partial charge < -0.3 is 10.1 Å². The molecule has 3 aromatic heterocycles. The van der Waals surface area contributed by atoms with Gasteiger partial charge in [0.1, 0.15) is 5.82 Å². The van der Waals surface area contributed by atoms with Gasteiger partial charge in [-0.15, -0.1) is 5.10 Å². The van der Waals surface area contributed by atoms with Gasteiger partial charge in [0.2, 0.25) is 0 Å². The second kappa shape index (κ2) is 6.01. The van der Waals surface area contributed by atoms with E-state index in [4.69, 9.17) is 9.84 Å². The molecule has 0 spiro atoms. The van der Waals surface area contributed by atoms with Crippen molar-refractivity contribution in [1.82, 2.24) is 19.6 Å². The maximum atomic E-state index is 6.00. The van der Waals surface area contributed by atoms with E-state index in [9.17, 15) is 0 Å². The Morgan fingerprint density at radius 1 is 1.07 bits per heavy atom. The Morgan fingerprint density at radius 3 is 2.61 bits per heavy atom. The average molecular weight is 375 g/mol. The Kier molecular flexibility index (Phi) is 3.54. The predicted molar refractivity (Wildman–Crippen MR) is 107 cm³/mol. The lowest BCUT2D eigenvalue weighted by Crippen LogP contribution is -2.59. The van der Waals surface area contributed by atoms with E-state index in [0.29, 0.717) is 17.9 Å². The van der Waals surface area contributed by atoms with Gasteiger partial charge in [-0.3, -0.25) is 4.98 Å². The first-order chi connectivity index (χ1) is 13.7. The average Bonchev–Trinajstić information content (AvgIpc) is 3.14. The summed E-state index contributed by atoms with van der Waals surface area (Å²) in [5.74, 6) is 3.15. The molecule has 4 bridgehead atoms. The van der Waals surface area contributed by atoms with Crippen molar-refractivity contribution in [2.75, 3.05) is 12.4 Å². The molecule has 4 saturated carbocycles. The molecule has 0 amide bonds. The number of hydrogen-bond donors (Lipinski definition) is 1. The van der Waals surface area contributed by atoms with Crippen molar-refractivity contribution in [3.8, 4) is 11.3 Å². The number of imidazole rings is 1. The zero-order valence-electron chi connectivity index (χ0n) is 16.1. The molecule has 2 unspecified atom stereocenters. The van der Waals surface area contributed by atoms with E-state index >= 15 is 0 Å². The number of aromatic nitrogens is 4. The first-order valence-electron chi connectivity index (χ1n) is 10.3. The van der Waals surface area contributed by atoms with E-state index in [2.05, 4.69) is 21.4 Å². The van der Waals surface area contributed by atoms with Gasteiger partial charge in [0.05, 0.1) is 17.5 Å². The molecule has 0 aliphatic heterocycles. The summed E-state index contributed by atoms with van der Waals surface area (Å²) >= 11 is 0. The highest BCUT2D eigenvalue weighted by Crippen LogP contribution is 2.57. The van der Waals surface area contributed by atoms with Gasteiger partial charge >= 0.3 is 0 Å². The van der Waals surface area contributed by atoms with Crippen LogP contribution in [-0.4, -0.2) is 38.3 Å². The van der Waals surface area contributed by atoms with Gasteiger partial charge in [0, 0.05) is 31.1 Å². The van der Waals surface area contributed by atoms with Crippen molar-refractivity contribution in [2.24, 2.45) is 17.8 Å². The van der Waals surface area contributed by atoms with Crippen molar-refractivity contribution >= 4 is 11.5 Å². The monoisotopic (exact) mass is 375 g/mol. The minimum Gasteiger partial charge on any atom is -0.378 e. The molecule has 28 heavy (non-hydrogen) atoms. The number of nitrogens with one attached hydrogen (secondary N) is 1. The molecule has 1 N–H and O–H groups in total. The molecule has 0 aromatic carbocycles. The molecule has 0 radical (unpaired) electrons. The van der Waals surface area contributed by atoms with Crippen LogP contribution in [0.1, 0.15) is 32.1 Å². The number of anilines is 1. The number of fused-ring (bicyclic) bond motifs is 1. The predicted octanol–water partition coefficient (Wildman–Crippen LogP) is 3.80. The highest BCUT2D eigenvalue weighted by atomic mass is 16.5. The first-order valence-corrected chi connectivity index (χ1v) is 10.3. The Balaban J connectivity index is 1.31. The summed E-state index contributed by atoms with van der Waals surface area (Å²) < 4.78 is 7.93. The maximum absolute atomic E-state index is 6.00. The number of methoxy groups -OCH3 is 1. The third kappa shape index (κ3) is 2.47. The number of hydrogen-bond acceptors (Lipinski definition) is 5. The maximum Gasteiger partial charge on any atom is 0.154 e. The zero-order chi connectivity index (χ0) is 18.7. The smallest absolute Gasteiger partial charge is 0.154 e. The highest BCUT2D eigenvalue weighted by Gasteiger charge is 2.55. The van der Waals surface area contributed by atoms with E-state index in [1.807, 2.05) is 36.0 Å². The van der Waals surface area contributed by atoms with Gasteiger partial charge in [0.15, 0.2) is 5.65 Å². The van der Waals surface area contributed by atoms with E-state index < -0.39 is 0 Å². The van der Waals surface area contributed by atoms with Gasteiger partial charge in [-0.05, 0) is 74.1 Å². The fraction of sp³-hybridized carbons (Fsp3) is 0.500. The Labute approximate surface area is 164 Å². The van der Waals surface area contributed by atoms with Gasteiger partial charge in [-0.1, -0.05) is 0 Å². The van der Waals surface area contributed by atoms with Crippen molar-refractivity contribution in [2.45, 2.75) is 43.7 Å². The molecule has 0 saturated heterocycles. The molecule has 144 valence electrons. The standard InChI is InChI=1S/C22H25N5O/c1-28-22-10-14-8-16(11-22)21(17(9-14)12-22)25-19-2-3-20-24-13-18(27(20)26-19)15-4-6-23-7-5-15/h2-7,13-14,16-17,21H,8-12H2,1H3,(H,25,26). The molecule has 2 atom stereocenters. The van der Waals surface area contributed by atoms with E-state index in [0.717, 1.165) is 28.6 Å². The van der Waals surface area contributed by atoms with Crippen LogP contribution in [0.5, 0.6) is 0 Å². The van der Waals surface area contributed by atoms with Gasteiger partial charge in [0.25, 0.3) is 0 Å². The summed E-state index contributed by atoms with van der Waals surface area (Å²) in [6.07, 6.45) is 11.8. The summed E-state index contributed by atoms with van der Waals surface area (Å²) in [5.41, 5.74) is 3.07. The van der Waals surface area contributed by atoms with E-state index in [-0.39, 0.29) is 5.60 Å². The first kappa shape index (κ1) is 16.5. The topological polar surface area (TPSA) is 64.3 Å². The minimum absolute atomic E-state index is 0.144. The van der Waals surface area contributed by atoms with Crippen LogP contribution in [0.3, 0.4) is 0 Å². The second-order valence-corrected chi connectivity index (χ2v) is 8.90. The van der Waals surface area contributed by atoms with Crippen LogP contribution in [0.25, 0.3) is 16.9 Å². The van der Waals surface area contributed by atoms with Crippen LogP contribution < -0.4 is 5.32 Å². The summed E-state index contributed by atoms with van der Waals surface area (Å²) in [6, 6.07) is 8.60. The van der Waals surface area contributed by atoms with Crippen molar-refractivity contribution in [1.29, 1.82) is 0 Å². The fourth-order valence-electron chi connectivity index (χ4n) is 6.28. The Bertz CT molecular complexity index is 1000. The van der Waals surface area contributed by atoms with Crippen LogP contribution in [0.15, 0.2) is 42.9 Å². The fourth-order valence-corrected chi connectivity index (χ4v) is 6.28. The lowest BCUT2D eigenvalue weighted by molar-refractivity contribution is -0.149. The zero-order valence-corrected chi connectivity index (χ0v) is 16.1. The molecule has 3 aromatic rings. The SMILES string of the molecule is COC12CC3CC(C1)C(Nc1ccc4ncc(-c5ccncc5)n4n1)C(C3)C2. The molecule has 7 rings (SSSR count). The number of ether oxygens (including phenoxy) is 1. The number of nitrogens with zero attached hydrogens (tertiary/aromatic N) is 4. The van der Waals surface area contributed by atoms with Crippen molar-refractivity contribution in [3.05, 3.63) is 42.9 Å². The molecular formula is C22H25N5O. The van der Waals surface area contributed by atoms with Crippen LogP contribution in [0.2, 0.25) is 0 Å². The van der Waals surface area contributed by atoms with Crippen LogP contribution in [0.4, 0.5) is 5.82 Å². The van der Waals surface area contributed by atoms with Crippen LogP contribution in [-0.2, 0) is 4.74 Å². The van der Waals surface area contributed by atoms with Gasteiger partial charge in [-0.25, -0.2) is 9.50 Å². The Hall–Kier alpha value is -2.47. The van der Waals surface area contributed by atoms with Gasteiger partial charge in [-0.2, -0.15) is 0 Å². The Morgan fingerprint density at radius 2 is 1.86 bits per heavy atom. The minimum atomic E-state index is 0.144. The molecular weight excluding hydrogens is 350 g/mol. The summed E-state index contributed by atoms with van der Waals surface area (Å²) in [4.78, 5) is 8.62. The number of rotatable bonds is 4. The van der Waals surface area contributed by atoms with Crippen LogP contribution >= 0.6 is 0 Å². The lowest BCUT2D eigenvalue weighted by atomic mass is 9.52. The van der Waals surface area contributed by atoms with Crippen molar-refractivity contribution < 1.29 is 4.74 Å². The molecule has 6 heteroatoms. The third-order valence-corrected chi connectivity index (χ3v) is 7.30. The van der Waals surface area contributed by atoms with E-state index in [1.54, 1.807) is 12.4 Å². The van der Waals surface area contributed by atoms with Crippen molar-refractivity contribution in [3.63, 3.8) is 0 Å². The molecule has 4 aliphatic carbocycles. The highest BCUT2D eigenvalue weighted by molar-refractivity contribution is 5.63. The normalized spacial score (nSPS) is 33.5. The van der Waals surface area contributed by atoms with Crippen LogP contribution in [0, 0.1) is 17.8 Å². The quantitative estimate of drug-likeness (QED) is 0.751. The largest absolute Gasteiger partial charge is 0.378 e. The third-order valence-electron chi connectivity index (χ3n) is 7.30.